The van der Waals surface area contributed by atoms with E-state index in [9.17, 15) is 18.0 Å². The number of rotatable bonds is 6. The van der Waals surface area contributed by atoms with Crippen molar-refractivity contribution in [2.24, 2.45) is 16.8 Å². The Morgan fingerprint density at radius 1 is 1.03 bits per heavy atom. The van der Waals surface area contributed by atoms with Crippen LogP contribution in [0.5, 0.6) is 0 Å². The highest BCUT2D eigenvalue weighted by atomic mass is 19.1. The Bertz CT molecular complexity index is 1130. The summed E-state index contributed by atoms with van der Waals surface area (Å²) in [5.74, 6) is -2.44. The number of halogens is 3. The van der Waals surface area contributed by atoms with Crippen LogP contribution >= 0.6 is 0 Å². The smallest absolute Gasteiger partial charge is 0.223 e. The van der Waals surface area contributed by atoms with E-state index in [2.05, 4.69) is 25.9 Å². The first-order chi connectivity index (χ1) is 16.8. The summed E-state index contributed by atoms with van der Waals surface area (Å²) >= 11 is 0. The lowest BCUT2D eigenvalue weighted by Crippen LogP contribution is -2.36. The van der Waals surface area contributed by atoms with Crippen LogP contribution in [0.1, 0.15) is 64.0 Å². The van der Waals surface area contributed by atoms with Crippen LogP contribution in [0, 0.1) is 29.3 Å². The van der Waals surface area contributed by atoms with Crippen LogP contribution < -0.4 is 16.0 Å². The monoisotopic (exact) mass is 486 g/mol. The maximum absolute atomic E-state index is 14.4. The summed E-state index contributed by atoms with van der Waals surface area (Å²) in [6, 6.07) is 1.72. The van der Waals surface area contributed by atoms with Crippen LogP contribution in [0.25, 0.3) is 0 Å². The third kappa shape index (κ3) is 5.11. The number of anilines is 2. The van der Waals surface area contributed by atoms with Crippen molar-refractivity contribution in [3.8, 4) is 0 Å². The zero-order chi connectivity index (χ0) is 24.7. The molecule has 2 heterocycles. The molecular weight excluding hydrogens is 457 g/mol. The normalized spacial score (nSPS) is 23.6. The molecule has 1 atom stereocenters. The number of aliphatic imine (C=N–C) groups is 1. The minimum Gasteiger partial charge on any atom is -0.353 e. The lowest BCUT2D eigenvalue weighted by Gasteiger charge is -2.32. The van der Waals surface area contributed by atoms with Crippen LogP contribution in [0.15, 0.2) is 23.3 Å². The van der Waals surface area contributed by atoms with Gasteiger partial charge in [0.1, 0.15) is 23.0 Å². The predicted molar refractivity (Wildman–Crippen MR) is 127 cm³/mol. The van der Waals surface area contributed by atoms with Gasteiger partial charge in [-0.25, -0.2) is 28.1 Å². The summed E-state index contributed by atoms with van der Waals surface area (Å²) in [6.07, 6.45) is 6.65. The van der Waals surface area contributed by atoms with Gasteiger partial charge in [0.25, 0.3) is 0 Å². The van der Waals surface area contributed by atoms with Gasteiger partial charge in [-0.3, -0.25) is 4.79 Å². The van der Waals surface area contributed by atoms with Gasteiger partial charge in [0, 0.05) is 30.1 Å². The van der Waals surface area contributed by atoms with E-state index in [0.29, 0.717) is 41.3 Å². The molecule has 1 aromatic heterocycles. The van der Waals surface area contributed by atoms with Crippen molar-refractivity contribution in [2.75, 3.05) is 10.6 Å². The molecule has 1 aromatic carbocycles. The van der Waals surface area contributed by atoms with E-state index in [1.807, 2.05) is 13.8 Å². The van der Waals surface area contributed by atoms with Gasteiger partial charge in [0.05, 0.1) is 17.8 Å². The number of hydrogen-bond donors (Lipinski definition) is 3. The number of hydrogen-bond acceptors (Lipinski definition) is 6. The Labute approximate surface area is 202 Å². The Hall–Kier alpha value is -3.17. The molecule has 1 aliphatic heterocycles. The molecule has 2 fully saturated rings. The predicted octanol–water partition coefficient (Wildman–Crippen LogP) is 5.04. The molecule has 0 spiro atoms. The summed E-state index contributed by atoms with van der Waals surface area (Å²) in [5.41, 5.74) is 0.761. The van der Waals surface area contributed by atoms with Crippen molar-refractivity contribution >= 4 is 29.1 Å². The quantitative estimate of drug-likeness (QED) is 0.532. The zero-order valence-corrected chi connectivity index (χ0v) is 19.7. The van der Waals surface area contributed by atoms with Gasteiger partial charge in [-0.1, -0.05) is 0 Å². The number of nitrogens with one attached hydrogen (secondary N) is 3. The van der Waals surface area contributed by atoms with Crippen molar-refractivity contribution in [1.29, 1.82) is 0 Å². The number of fused-ring (bicyclic) bond motifs is 1. The zero-order valence-electron chi connectivity index (χ0n) is 19.7. The highest BCUT2D eigenvalue weighted by Crippen LogP contribution is 2.45. The van der Waals surface area contributed by atoms with E-state index < -0.39 is 23.1 Å². The molecule has 3 aliphatic rings. The number of benzene rings is 1. The Morgan fingerprint density at radius 2 is 1.71 bits per heavy atom. The van der Waals surface area contributed by atoms with Gasteiger partial charge >= 0.3 is 0 Å². The molecule has 3 N–H and O–H groups in total. The van der Waals surface area contributed by atoms with Crippen LogP contribution in [-0.2, 0) is 4.79 Å². The van der Waals surface area contributed by atoms with Gasteiger partial charge in [-0.2, -0.15) is 0 Å². The molecule has 2 saturated carbocycles. The number of carbonyl (C=O) groups is 1. The van der Waals surface area contributed by atoms with Crippen molar-refractivity contribution in [3.63, 3.8) is 0 Å². The van der Waals surface area contributed by atoms with Crippen LogP contribution in [0.2, 0.25) is 0 Å². The Balaban J connectivity index is 1.40. The molecule has 0 saturated heterocycles. The van der Waals surface area contributed by atoms with Crippen molar-refractivity contribution in [3.05, 3.63) is 41.5 Å². The third-order valence-corrected chi connectivity index (χ3v) is 6.84. The van der Waals surface area contributed by atoms with Gasteiger partial charge in [-0.05, 0) is 58.3 Å². The van der Waals surface area contributed by atoms with Crippen molar-refractivity contribution in [2.45, 2.75) is 70.4 Å². The molecule has 1 unspecified atom stereocenters. The van der Waals surface area contributed by atoms with E-state index in [-0.39, 0.29) is 29.7 Å². The highest BCUT2D eigenvalue weighted by molar-refractivity contribution is 6.05. The number of amidine groups is 1. The molecule has 10 heteroatoms. The molecular formula is C25H29F3N6O. The second-order valence-electron chi connectivity index (χ2n) is 10.0. The van der Waals surface area contributed by atoms with E-state index in [1.54, 1.807) is 6.20 Å². The summed E-state index contributed by atoms with van der Waals surface area (Å²) in [6.45, 7) is 3.96. The van der Waals surface area contributed by atoms with Crippen LogP contribution in [0.3, 0.4) is 0 Å². The van der Waals surface area contributed by atoms with Crippen molar-refractivity contribution in [1.82, 2.24) is 15.3 Å². The van der Waals surface area contributed by atoms with E-state index in [1.165, 1.54) is 0 Å². The SMILES string of the molecule is CC(C)Nc1ncc2c(n1)C([C@H]1CC[C@@H](C(=O)NC3CC3)CC1)C(Nc1c(F)cc(F)cc1F)=N2. The summed E-state index contributed by atoms with van der Waals surface area (Å²) in [4.78, 5) is 26.1. The lowest BCUT2D eigenvalue weighted by molar-refractivity contribution is -0.126. The van der Waals surface area contributed by atoms with Crippen LogP contribution in [-0.4, -0.2) is 33.8 Å². The average Bonchev–Trinajstić information content (AvgIpc) is 3.54. The molecule has 0 bridgehead atoms. The largest absolute Gasteiger partial charge is 0.353 e. The van der Waals surface area contributed by atoms with Crippen LogP contribution in [0.4, 0.5) is 30.5 Å². The second-order valence-corrected chi connectivity index (χ2v) is 10.0. The fourth-order valence-electron chi connectivity index (χ4n) is 4.96. The molecule has 0 radical (unpaired) electrons. The lowest BCUT2D eigenvalue weighted by atomic mass is 9.74. The first-order valence-electron chi connectivity index (χ1n) is 12.2. The van der Waals surface area contributed by atoms with Crippen molar-refractivity contribution < 1.29 is 18.0 Å². The maximum atomic E-state index is 14.4. The van der Waals surface area contributed by atoms with Gasteiger partial charge in [0.2, 0.25) is 11.9 Å². The number of amides is 1. The fraction of sp³-hybridized carbons (Fsp3) is 0.520. The third-order valence-electron chi connectivity index (χ3n) is 6.84. The molecule has 35 heavy (non-hydrogen) atoms. The number of nitrogens with zero attached hydrogens (tertiary/aromatic N) is 3. The topological polar surface area (TPSA) is 91.3 Å². The Morgan fingerprint density at radius 3 is 2.34 bits per heavy atom. The molecule has 2 aliphatic carbocycles. The fourth-order valence-corrected chi connectivity index (χ4v) is 4.96. The van der Waals surface area contributed by atoms with Gasteiger partial charge < -0.3 is 16.0 Å². The van der Waals surface area contributed by atoms with Gasteiger partial charge in [-0.15, -0.1) is 0 Å². The van der Waals surface area contributed by atoms with E-state index in [4.69, 9.17) is 4.98 Å². The second kappa shape index (κ2) is 9.47. The average molecular weight is 487 g/mol. The van der Waals surface area contributed by atoms with E-state index in [0.717, 1.165) is 38.5 Å². The van der Waals surface area contributed by atoms with E-state index >= 15 is 0 Å². The minimum atomic E-state index is -1.03. The molecule has 2 aromatic rings. The summed E-state index contributed by atoms with van der Waals surface area (Å²) in [5, 5.41) is 9.07. The van der Waals surface area contributed by atoms with Gasteiger partial charge in [0.15, 0.2) is 11.6 Å². The maximum Gasteiger partial charge on any atom is 0.223 e. The standard InChI is InChI=1S/C25H29F3N6O/c1-12(2)30-25-29-11-19-22(34-25)20(13-3-5-14(6-4-13)24(35)31-16-7-8-16)23(32-19)33-21-17(27)9-15(26)10-18(21)28/h9-14,16,20H,3-8H2,1-2H3,(H,31,35)(H,32,33)(H,29,30,34)/t13-,14+,20?. The molecule has 5 rings (SSSR count). The number of carbonyl (C=O) groups excluding carboxylic acids is 1. The molecule has 186 valence electrons. The first-order valence-corrected chi connectivity index (χ1v) is 12.2. The minimum absolute atomic E-state index is 0.0309. The number of aromatic nitrogens is 2. The molecule has 7 nitrogen and oxygen atoms in total. The molecule has 1 amide bonds. The highest BCUT2D eigenvalue weighted by Gasteiger charge is 2.40. The Kier molecular flexibility index (Phi) is 6.37. The summed E-state index contributed by atoms with van der Waals surface area (Å²) < 4.78 is 42.3. The summed E-state index contributed by atoms with van der Waals surface area (Å²) in [7, 11) is 0. The first kappa shape index (κ1) is 23.6.